The quantitative estimate of drug-likeness (QED) is 0.178. The number of thioether (sulfide) groups is 2. The van der Waals surface area contributed by atoms with Gasteiger partial charge in [0.15, 0.2) is 5.16 Å². The van der Waals surface area contributed by atoms with E-state index in [1.165, 1.54) is 16.3 Å². The van der Waals surface area contributed by atoms with Crippen molar-refractivity contribution in [3.05, 3.63) is 47.8 Å². The maximum absolute atomic E-state index is 12.8. The molecular formula is C25H30F3N3O4S2. The second kappa shape index (κ2) is 14.0. The number of hydrogen-bond donors (Lipinski definition) is 0. The highest BCUT2D eigenvalue weighted by molar-refractivity contribution is 7.99. The third-order valence-corrected chi connectivity index (χ3v) is 7.05. The Balaban J connectivity index is 1.57. The van der Waals surface area contributed by atoms with Crippen molar-refractivity contribution >= 4 is 40.7 Å². The average molecular weight is 558 g/mol. The van der Waals surface area contributed by atoms with E-state index in [1.54, 1.807) is 18.0 Å². The number of alkyl halides is 3. The number of benzene rings is 1. The third-order valence-electron chi connectivity index (χ3n) is 4.97. The molecule has 0 aliphatic rings. The Kier molecular flexibility index (Phi) is 11.1. The highest BCUT2D eigenvalue weighted by atomic mass is 32.2. The zero-order valence-corrected chi connectivity index (χ0v) is 22.5. The van der Waals surface area contributed by atoms with Crippen LogP contribution < -0.4 is 0 Å². The number of imidazole rings is 1. The Morgan fingerprint density at radius 3 is 2.59 bits per heavy atom. The molecule has 3 aromatic rings. The number of aromatic nitrogens is 3. The van der Waals surface area contributed by atoms with Crippen molar-refractivity contribution in [3.8, 4) is 0 Å². The van der Waals surface area contributed by atoms with Gasteiger partial charge in [0.05, 0.1) is 43.2 Å². The minimum atomic E-state index is -4.32. The van der Waals surface area contributed by atoms with Crippen molar-refractivity contribution in [3.63, 3.8) is 0 Å². The fourth-order valence-corrected chi connectivity index (χ4v) is 5.13. The van der Waals surface area contributed by atoms with E-state index in [1.807, 2.05) is 51.1 Å². The largest absolute Gasteiger partial charge is 0.449 e. The Morgan fingerprint density at radius 2 is 1.84 bits per heavy atom. The Bertz CT molecular complexity index is 1170. The predicted molar refractivity (Wildman–Crippen MR) is 138 cm³/mol. The van der Waals surface area contributed by atoms with Crippen LogP contribution in [0.25, 0.3) is 11.0 Å². The number of rotatable bonds is 13. The molecule has 0 atom stereocenters. The molecule has 37 heavy (non-hydrogen) atoms. The molecular weight excluding hydrogens is 527 g/mol. The van der Waals surface area contributed by atoms with Crippen molar-refractivity contribution in [2.45, 2.75) is 42.8 Å². The van der Waals surface area contributed by atoms with Gasteiger partial charge in [-0.2, -0.15) is 13.2 Å². The van der Waals surface area contributed by atoms with Crippen LogP contribution in [0.5, 0.6) is 0 Å². The smallest absolute Gasteiger partial charge is 0.420 e. The summed E-state index contributed by atoms with van der Waals surface area (Å²) in [5, 5.41) is 0.537. The first kappa shape index (κ1) is 29.3. The maximum atomic E-state index is 12.8. The molecule has 0 spiro atoms. The molecule has 2 heterocycles. The van der Waals surface area contributed by atoms with E-state index in [0.29, 0.717) is 40.9 Å². The summed E-state index contributed by atoms with van der Waals surface area (Å²) < 4.78 is 53.0. The number of para-hydroxylation sites is 2. The molecule has 0 unspecified atom stereocenters. The van der Waals surface area contributed by atoms with Crippen molar-refractivity contribution in [1.82, 2.24) is 14.5 Å². The van der Waals surface area contributed by atoms with E-state index in [4.69, 9.17) is 9.47 Å². The van der Waals surface area contributed by atoms with Gasteiger partial charge in [-0.05, 0) is 36.6 Å². The molecule has 0 bridgehead atoms. The lowest BCUT2D eigenvalue weighted by Crippen LogP contribution is -2.19. The lowest BCUT2D eigenvalue weighted by atomic mass is 10.2. The minimum absolute atomic E-state index is 0.102. The Morgan fingerprint density at radius 1 is 1.08 bits per heavy atom. The molecule has 3 rings (SSSR count). The summed E-state index contributed by atoms with van der Waals surface area (Å²) in [5.74, 6) is 1.36. The van der Waals surface area contributed by atoms with E-state index < -0.39 is 18.9 Å². The zero-order chi connectivity index (χ0) is 26.8. The van der Waals surface area contributed by atoms with E-state index in [2.05, 4.69) is 14.7 Å². The summed E-state index contributed by atoms with van der Waals surface area (Å²) in [6.07, 6.45) is -3.05. The molecule has 12 heteroatoms. The molecule has 0 N–H and O–H groups in total. The molecule has 0 saturated heterocycles. The molecule has 0 aliphatic heterocycles. The fraction of sp³-hybridized carbons (Fsp3) is 0.480. The Hall–Kier alpha value is -2.28. The third kappa shape index (κ3) is 9.20. The van der Waals surface area contributed by atoms with Crippen LogP contribution >= 0.6 is 23.5 Å². The number of carbonyl (C=O) groups excluding carboxylic acids is 1. The van der Waals surface area contributed by atoms with Gasteiger partial charge in [0, 0.05) is 22.6 Å². The molecule has 0 fully saturated rings. The van der Waals surface area contributed by atoms with Gasteiger partial charge < -0.3 is 14.2 Å². The maximum Gasteiger partial charge on any atom is 0.420 e. The highest BCUT2D eigenvalue weighted by Crippen LogP contribution is 2.30. The second-order valence-electron chi connectivity index (χ2n) is 8.49. The zero-order valence-electron chi connectivity index (χ0n) is 20.9. The first-order chi connectivity index (χ1) is 17.7. The SMILES string of the molecule is Cc1c(SCCOCCOCC(F)(F)F)ccnc1CSc1nc2ccccc2n1C(=O)OCC(C)C. The Labute approximate surface area is 222 Å². The second-order valence-corrected chi connectivity index (χ2v) is 10.6. The number of hydrogen-bond acceptors (Lipinski definition) is 8. The fourth-order valence-electron chi connectivity index (χ4n) is 3.19. The van der Waals surface area contributed by atoms with Gasteiger partial charge in [0.2, 0.25) is 0 Å². The molecule has 0 radical (unpaired) electrons. The first-order valence-corrected chi connectivity index (χ1v) is 13.7. The lowest BCUT2D eigenvalue weighted by Gasteiger charge is -2.12. The van der Waals surface area contributed by atoms with Crippen LogP contribution in [-0.4, -0.2) is 65.6 Å². The molecule has 0 saturated carbocycles. The van der Waals surface area contributed by atoms with Crippen molar-refractivity contribution in [2.75, 3.05) is 38.8 Å². The van der Waals surface area contributed by atoms with Gasteiger partial charge in [0.1, 0.15) is 6.61 Å². The first-order valence-electron chi connectivity index (χ1n) is 11.7. The average Bonchev–Trinajstić information content (AvgIpc) is 3.22. The van der Waals surface area contributed by atoms with E-state index in [9.17, 15) is 18.0 Å². The molecule has 2 aromatic heterocycles. The van der Waals surface area contributed by atoms with Gasteiger partial charge in [-0.25, -0.2) is 14.3 Å². The molecule has 1 aromatic carbocycles. The topological polar surface area (TPSA) is 75.5 Å². The van der Waals surface area contributed by atoms with Gasteiger partial charge >= 0.3 is 12.3 Å². The van der Waals surface area contributed by atoms with Gasteiger partial charge in [-0.3, -0.25) is 4.98 Å². The van der Waals surface area contributed by atoms with E-state index in [0.717, 1.165) is 16.2 Å². The monoisotopic (exact) mass is 557 g/mol. The van der Waals surface area contributed by atoms with Crippen LogP contribution in [0.1, 0.15) is 25.1 Å². The van der Waals surface area contributed by atoms with Crippen LogP contribution in [0.2, 0.25) is 0 Å². The molecule has 0 aliphatic carbocycles. The number of carbonyl (C=O) groups is 1. The van der Waals surface area contributed by atoms with Crippen molar-refractivity contribution < 1.29 is 32.2 Å². The summed E-state index contributed by atoms with van der Waals surface area (Å²) >= 11 is 3.00. The molecule has 202 valence electrons. The van der Waals surface area contributed by atoms with Crippen LogP contribution in [0, 0.1) is 12.8 Å². The van der Waals surface area contributed by atoms with Crippen LogP contribution in [0.3, 0.4) is 0 Å². The summed E-state index contributed by atoms with van der Waals surface area (Å²) in [6, 6.07) is 9.35. The van der Waals surface area contributed by atoms with Crippen LogP contribution in [0.4, 0.5) is 18.0 Å². The summed E-state index contributed by atoms with van der Waals surface area (Å²) in [6.45, 7) is 5.38. The molecule has 0 amide bonds. The van der Waals surface area contributed by atoms with Crippen molar-refractivity contribution in [2.24, 2.45) is 5.92 Å². The summed E-state index contributed by atoms with van der Waals surface area (Å²) in [5.41, 5.74) is 3.28. The highest BCUT2D eigenvalue weighted by Gasteiger charge is 2.27. The van der Waals surface area contributed by atoms with E-state index in [-0.39, 0.29) is 19.1 Å². The summed E-state index contributed by atoms with van der Waals surface area (Å²) in [4.78, 5) is 23.0. The normalized spacial score (nSPS) is 12.0. The van der Waals surface area contributed by atoms with Gasteiger partial charge in [-0.15, -0.1) is 11.8 Å². The number of ether oxygens (including phenoxy) is 3. The van der Waals surface area contributed by atoms with Crippen molar-refractivity contribution in [1.29, 1.82) is 0 Å². The van der Waals surface area contributed by atoms with Gasteiger partial charge in [-0.1, -0.05) is 37.7 Å². The number of halogens is 3. The number of fused-ring (bicyclic) bond motifs is 1. The van der Waals surface area contributed by atoms with Crippen LogP contribution in [-0.2, 0) is 20.0 Å². The van der Waals surface area contributed by atoms with Gasteiger partial charge in [0.25, 0.3) is 0 Å². The number of pyridine rings is 1. The summed E-state index contributed by atoms with van der Waals surface area (Å²) in [7, 11) is 0. The van der Waals surface area contributed by atoms with Crippen LogP contribution in [0.15, 0.2) is 46.6 Å². The lowest BCUT2D eigenvalue weighted by molar-refractivity contribution is -0.176. The predicted octanol–water partition coefficient (Wildman–Crippen LogP) is 6.36. The molecule has 7 nitrogen and oxygen atoms in total. The number of nitrogens with zero attached hydrogens (tertiary/aromatic N) is 3. The standard InChI is InChI=1S/C25H30F3N3O4S2/c1-17(2)14-35-24(32)31-21-7-5-4-6-19(21)30-23(31)37-15-20-18(3)22(8-9-29-20)36-13-12-33-10-11-34-16-25(26,27)28/h4-9,17H,10-16H2,1-3H3. The minimum Gasteiger partial charge on any atom is -0.449 e. The van der Waals surface area contributed by atoms with E-state index >= 15 is 0 Å².